The van der Waals surface area contributed by atoms with Crippen LogP contribution in [0.5, 0.6) is 0 Å². The lowest BCUT2D eigenvalue weighted by atomic mass is 9.92. The molecule has 0 aromatic carbocycles. The molecule has 0 spiro atoms. The smallest absolute Gasteiger partial charge is 0.227 e. The monoisotopic (exact) mass is 342 g/mol. The van der Waals surface area contributed by atoms with Crippen LogP contribution in [0.1, 0.15) is 30.8 Å². The first-order chi connectivity index (χ1) is 10.6. The third-order valence-corrected chi connectivity index (χ3v) is 5.28. The van der Waals surface area contributed by atoms with Crippen LogP contribution in [0.3, 0.4) is 0 Å². The molecule has 7 nitrogen and oxygen atoms in total. The molecule has 0 radical (unpaired) electrons. The molecule has 8 heteroatoms. The van der Waals surface area contributed by atoms with Gasteiger partial charge < -0.3 is 4.90 Å². The van der Waals surface area contributed by atoms with Crippen LogP contribution in [0.2, 0.25) is 0 Å². The topological polar surface area (TPSA) is 95.2 Å². The van der Waals surface area contributed by atoms with Crippen LogP contribution in [0, 0.1) is 25.7 Å². The van der Waals surface area contributed by atoms with E-state index in [1.165, 1.54) is 0 Å². The zero-order chi connectivity index (χ0) is 17.4. The van der Waals surface area contributed by atoms with Gasteiger partial charge in [0.1, 0.15) is 0 Å². The molecule has 1 aromatic rings. The predicted molar refractivity (Wildman–Crippen MR) is 88.4 cm³/mol. The van der Waals surface area contributed by atoms with Crippen molar-refractivity contribution in [2.75, 3.05) is 19.3 Å². The Balaban J connectivity index is 2.10. The van der Waals surface area contributed by atoms with E-state index >= 15 is 0 Å². The van der Waals surface area contributed by atoms with E-state index in [1.54, 1.807) is 4.90 Å². The maximum atomic E-state index is 12.6. The number of aromatic nitrogens is 2. The predicted octanol–water partition coefficient (Wildman–Crippen LogP) is 0.601. The molecule has 1 aliphatic rings. The Labute approximate surface area is 137 Å². The number of hydrogen-bond donors (Lipinski definition) is 2. The van der Waals surface area contributed by atoms with E-state index in [2.05, 4.69) is 28.8 Å². The fourth-order valence-electron chi connectivity index (χ4n) is 3.21. The molecule has 2 rings (SSSR count). The van der Waals surface area contributed by atoms with E-state index in [0.717, 1.165) is 23.2 Å². The van der Waals surface area contributed by atoms with Crippen molar-refractivity contribution >= 4 is 15.9 Å². The second-order valence-electron chi connectivity index (χ2n) is 6.79. The van der Waals surface area contributed by atoms with E-state index in [9.17, 15) is 13.2 Å². The molecule has 1 amide bonds. The maximum absolute atomic E-state index is 12.6. The van der Waals surface area contributed by atoms with Crippen LogP contribution in [0.4, 0.5) is 0 Å². The summed E-state index contributed by atoms with van der Waals surface area (Å²) >= 11 is 0. The second kappa shape index (κ2) is 6.60. The summed E-state index contributed by atoms with van der Waals surface area (Å²) in [5.41, 5.74) is 2.66. The van der Waals surface area contributed by atoms with Crippen LogP contribution < -0.4 is 4.72 Å². The van der Waals surface area contributed by atoms with Crippen molar-refractivity contribution in [3.63, 3.8) is 0 Å². The van der Waals surface area contributed by atoms with Gasteiger partial charge in [0.15, 0.2) is 0 Å². The highest BCUT2D eigenvalue weighted by molar-refractivity contribution is 7.88. The first-order valence-electron chi connectivity index (χ1n) is 7.84. The Hall–Kier alpha value is -1.41. The molecule has 23 heavy (non-hydrogen) atoms. The molecule has 1 aromatic heterocycles. The molecule has 2 atom stereocenters. The third-order valence-electron chi connectivity index (χ3n) is 4.55. The summed E-state index contributed by atoms with van der Waals surface area (Å²) in [4.78, 5) is 14.4. The Bertz CT molecular complexity index is 661. The van der Waals surface area contributed by atoms with Gasteiger partial charge in [0.2, 0.25) is 15.9 Å². The zero-order valence-electron chi connectivity index (χ0n) is 14.4. The Morgan fingerprint density at radius 1 is 1.39 bits per heavy atom. The Morgan fingerprint density at radius 3 is 2.52 bits per heavy atom. The molecule has 0 unspecified atom stereocenters. The summed E-state index contributed by atoms with van der Waals surface area (Å²) in [6, 6.07) is -0.222. The number of sulfonamides is 1. The van der Waals surface area contributed by atoms with Crippen molar-refractivity contribution in [3.05, 3.63) is 17.0 Å². The summed E-state index contributed by atoms with van der Waals surface area (Å²) < 4.78 is 25.8. The molecule has 2 heterocycles. The van der Waals surface area contributed by atoms with Gasteiger partial charge in [-0.2, -0.15) is 5.10 Å². The lowest BCUT2D eigenvalue weighted by Gasteiger charge is -2.21. The molecule has 2 N–H and O–H groups in total. The summed E-state index contributed by atoms with van der Waals surface area (Å²) in [5, 5.41) is 7.00. The number of nitrogens with one attached hydrogen (secondary N) is 2. The zero-order valence-corrected chi connectivity index (χ0v) is 15.2. The Morgan fingerprint density at radius 2 is 2.04 bits per heavy atom. The SMILES string of the molecule is Cc1n[nH]c(C)c1CC(=O)N1C[C@@H](NS(C)(=O)=O)[C@H](C(C)C)C1. The molecule has 0 saturated carbocycles. The van der Waals surface area contributed by atoms with Gasteiger partial charge in [-0.3, -0.25) is 9.89 Å². The summed E-state index contributed by atoms with van der Waals surface area (Å²) in [7, 11) is -3.29. The van der Waals surface area contributed by atoms with E-state index in [-0.39, 0.29) is 17.9 Å². The normalized spacial score (nSPS) is 22.1. The number of aryl methyl sites for hydroxylation is 2. The van der Waals surface area contributed by atoms with E-state index in [1.807, 2.05) is 13.8 Å². The van der Waals surface area contributed by atoms with Crippen LogP contribution in [0.15, 0.2) is 0 Å². The van der Waals surface area contributed by atoms with E-state index < -0.39 is 10.0 Å². The van der Waals surface area contributed by atoms with Crippen molar-refractivity contribution in [3.8, 4) is 0 Å². The number of amides is 1. The summed E-state index contributed by atoms with van der Waals surface area (Å²) in [6.45, 7) is 8.89. The highest BCUT2D eigenvalue weighted by Gasteiger charge is 2.38. The van der Waals surface area contributed by atoms with Crippen LogP contribution in [-0.2, 0) is 21.2 Å². The van der Waals surface area contributed by atoms with Crippen molar-refractivity contribution in [2.45, 2.75) is 40.2 Å². The molecular formula is C15H26N4O3S. The van der Waals surface area contributed by atoms with Gasteiger partial charge in [-0.25, -0.2) is 13.1 Å². The molecule has 130 valence electrons. The average molecular weight is 342 g/mol. The average Bonchev–Trinajstić information content (AvgIpc) is 2.95. The lowest BCUT2D eigenvalue weighted by Crippen LogP contribution is -2.41. The minimum Gasteiger partial charge on any atom is -0.340 e. The maximum Gasteiger partial charge on any atom is 0.227 e. The van der Waals surface area contributed by atoms with Gasteiger partial charge in [0.25, 0.3) is 0 Å². The van der Waals surface area contributed by atoms with Crippen LogP contribution in [0.25, 0.3) is 0 Å². The molecule has 1 aliphatic heterocycles. The number of hydrogen-bond acceptors (Lipinski definition) is 4. The number of rotatable bonds is 5. The number of aromatic amines is 1. The number of carbonyl (C=O) groups is 1. The summed E-state index contributed by atoms with van der Waals surface area (Å²) in [6.07, 6.45) is 1.46. The van der Waals surface area contributed by atoms with Gasteiger partial charge >= 0.3 is 0 Å². The molecule has 0 aliphatic carbocycles. The van der Waals surface area contributed by atoms with Gasteiger partial charge in [0.05, 0.1) is 18.4 Å². The van der Waals surface area contributed by atoms with E-state index in [0.29, 0.717) is 25.4 Å². The molecule has 1 saturated heterocycles. The van der Waals surface area contributed by atoms with Gasteiger partial charge in [-0.05, 0) is 25.7 Å². The fourth-order valence-corrected chi connectivity index (χ4v) is 4.00. The number of nitrogens with zero attached hydrogens (tertiary/aromatic N) is 2. The standard InChI is InChI=1S/C15H26N4O3S/c1-9(2)13-7-19(8-14(13)18-23(5,21)22)15(20)6-12-10(3)16-17-11(12)4/h9,13-14,18H,6-8H2,1-5H3,(H,16,17)/t13-,14+/m0/s1. The van der Waals surface area contributed by atoms with Crippen molar-refractivity contribution in [2.24, 2.45) is 11.8 Å². The molecular weight excluding hydrogens is 316 g/mol. The number of carbonyl (C=O) groups excluding carboxylic acids is 1. The number of likely N-dealkylation sites (tertiary alicyclic amines) is 1. The van der Waals surface area contributed by atoms with Gasteiger partial charge in [0, 0.05) is 30.4 Å². The molecule has 0 bridgehead atoms. The fraction of sp³-hybridized carbons (Fsp3) is 0.733. The van der Waals surface area contributed by atoms with Gasteiger partial charge in [-0.1, -0.05) is 13.8 Å². The van der Waals surface area contributed by atoms with Crippen LogP contribution in [-0.4, -0.2) is 54.8 Å². The number of H-pyrrole nitrogens is 1. The van der Waals surface area contributed by atoms with Crippen molar-refractivity contribution in [1.29, 1.82) is 0 Å². The highest BCUT2D eigenvalue weighted by atomic mass is 32.2. The summed E-state index contributed by atoms with van der Waals surface area (Å²) in [5.74, 6) is 0.436. The molecule has 1 fully saturated rings. The highest BCUT2D eigenvalue weighted by Crippen LogP contribution is 2.26. The Kier molecular flexibility index (Phi) is 5.15. The quantitative estimate of drug-likeness (QED) is 0.819. The first-order valence-corrected chi connectivity index (χ1v) is 9.73. The minimum atomic E-state index is -3.29. The lowest BCUT2D eigenvalue weighted by molar-refractivity contribution is -0.129. The van der Waals surface area contributed by atoms with Gasteiger partial charge in [-0.15, -0.1) is 0 Å². The largest absolute Gasteiger partial charge is 0.340 e. The minimum absolute atomic E-state index is 0.0149. The first kappa shape index (κ1) is 17.9. The van der Waals surface area contributed by atoms with Crippen LogP contribution >= 0.6 is 0 Å². The second-order valence-corrected chi connectivity index (χ2v) is 8.57. The van der Waals surface area contributed by atoms with E-state index in [4.69, 9.17) is 0 Å². The third kappa shape index (κ3) is 4.32. The van der Waals surface area contributed by atoms with Crippen molar-refractivity contribution in [1.82, 2.24) is 19.8 Å². The van der Waals surface area contributed by atoms with Crippen molar-refractivity contribution < 1.29 is 13.2 Å².